The molecule has 4 rings (SSSR count). The second kappa shape index (κ2) is 5.14. The van der Waals surface area contributed by atoms with Gasteiger partial charge < -0.3 is 5.11 Å². The van der Waals surface area contributed by atoms with Gasteiger partial charge in [-0.05, 0) is 68.4 Å². The van der Waals surface area contributed by atoms with Crippen molar-refractivity contribution in [3.8, 4) is 0 Å². The predicted molar refractivity (Wildman–Crippen MR) is 92.2 cm³/mol. The van der Waals surface area contributed by atoms with Crippen molar-refractivity contribution in [1.82, 2.24) is 0 Å². The normalized spacial score (nSPS) is 49.9. The van der Waals surface area contributed by atoms with Gasteiger partial charge in [0.15, 0.2) is 5.78 Å². The Morgan fingerprint density at radius 3 is 2.71 bits per heavy atom. The molecule has 0 aromatic heterocycles. The summed E-state index contributed by atoms with van der Waals surface area (Å²) in [5.74, 6) is 1.61. The standard InChI is InChI=1S/C21H28O3/c1-12(22)16-6-7-17-15-5-4-13-10-14(23)8-9-20(13,2)19(15)18(24)11-21(16,17)3/h8-10,15-19,24H,4-7,11H2,1-3H3/t15?,16-,17?,18?,19?,20?,21?/m1/s1. The largest absolute Gasteiger partial charge is 0.393 e. The smallest absolute Gasteiger partial charge is 0.178 e. The molecule has 1 N–H and O–H groups in total. The Morgan fingerprint density at radius 1 is 1.25 bits per heavy atom. The van der Waals surface area contributed by atoms with Gasteiger partial charge in [-0.25, -0.2) is 0 Å². The van der Waals surface area contributed by atoms with Gasteiger partial charge in [-0.3, -0.25) is 9.59 Å². The lowest BCUT2D eigenvalue weighted by Crippen LogP contribution is -2.56. The average Bonchev–Trinajstić information content (AvgIpc) is 2.84. The van der Waals surface area contributed by atoms with E-state index in [-0.39, 0.29) is 34.2 Å². The molecule has 0 aliphatic heterocycles. The molecule has 0 bridgehead atoms. The van der Waals surface area contributed by atoms with Crippen molar-refractivity contribution in [2.24, 2.45) is 34.5 Å². The fourth-order valence-electron chi connectivity index (χ4n) is 6.99. The van der Waals surface area contributed by atoms with Gasteiger partial charge in [-0.15, -0.1) is 0 Å². The van der Waals surface area contributed by atoms with Gasteiger partial charge in [0.1, 0.15) is 5.78 Å². The zero-order valence-electron chi connectivity index (χ0n) is 14.9. The van der Waals surface area contributed by atoms with Crippen LogP contribution in [0.3, 0.4) is 0 Å². The van der Waals surface area contributed by atoms with E-state index in [9.17, 15) is 14.7 Å². The summed E-state index contributed by atoms with van der Waals surface area (Å²) in [6.07, 6.45) is 9.89. The number of Topliss-reactive ketones (excluding diaryl/α,β-unsaturated/α-hetero) is 1. The monoisotopic (exact) mass is 328 g/mol. The quantitative estimate of drug-likeness (QED) is 0.802. The third-order valence-electron chi connectivity index (χ3n) is 7.98. The lowest BCUT2D eigenvalue weighted by Gasteiger charge is -2.58. The fraction of sp³-hybridized carbons (Fsp3) is 0.714. The van der Waals surface area contributed by atoms with E-state index in [4.69, 9.17) is 0 Å². The van der Waals surface area contributed by atoms with Gasteiger partial charge in [0.2, 0.25) is 0 Å². The van der Waals surface area contributed by atoms with Crippen molar-refractivity contribution >= 4 is 11.6 Å². The van der Waals surface area contributed by atoms with Crippen LogP contribution in [0.5, 0.6) is 0 Å². The van der Waals surface area contributed by atoms with Crippen LogP contribution in [0.1, 0.15) is 52.9 Å². The van der Waals surface area contributed by atoms with Crippen LogP contribution in [0, 0.1) is 34.5 Å². The molecule has 130 valence electrons. The van der Waals surface area contributed by atoms with E-state index in [2.05, 4.69) is 13.8 Å². The lowest BCUT2D eigenvalue weighted by atomic mass is 9.46. The number of carbonyl (C=O) groups excluding carboxylic acids is 2. The summed E-state index contributed by atoms with van der Waals surface area (Å²) in [6, 6.07) is 0. The summed E-state index contributed by atoms with van der Waals surface area (Å²) in [6.45, 7) is 6.15. The molecule has 4 aliphatic carbocycles. The molecule has 4 aliphatic rings. The highest BCUT2D eigenvalue weighted by molar-refractivity contribution is 6.01. The van der Waals surface area contributed by atoms with Gasteiger partial charge in [0.25, 0.3) is 0 Å². The Hall–Kier alpha value is -1.22. The number of aliphatic hydroxyl groups is 1. The summed E-state index contributed by atoms with van der Waals surface area (Å²) in [5.41, 5.74) is 0.935. The van der Waals surface area contributed by atoms with E-state index < -0.39 is 6.10 Å². The summed E-state index contributed by atoms with van der Waals surface area (Å²) >= 11 is 0. The first kappa shape index (κ1) is 16.3. The lowest BCUT2D eigenvalue weighted by molar-refractivity contribution is -0.137. The molecule has 0 aromatic rings. The van der Waals surface area contributed by atoms with Crippen molar-refractivity contribution in [1.29, 1.82) is 0 Å². The summed E-state index contributed by atoms with van der Waals surface area (Å²) in [7, 11) is 0. The van der Waals surface area contributed by atoms with Crippen LogP contribution in [0.15, 0.2) is 23.8 Å². The SMILES string of the molecule is CC(=O)[C@H]1CCC2C3CCC4=CC(=O)C=CC4(C)C3C(O)CC21C. The van der Waals surface area contributed by atoms with Gasteiger partial charge in [0, 0.05) is 17.3 Å². The van der Waals surface area contributed by atoms with E-state index in [1.807, 2.05) is 6.08 Å². The van der Waals surface area contributed by atoms with Gasteiger partial charge in [0.05, 0.1) is 6.10 Å². The molecule has 7 atom stereocenters. The Balaban J connectivity index is 1.74. The first-order chi connectivity index (χ1) is 11.3. The number of aliphatic hydroxyl groups excluding tert-OH is 1. The van der Waals surface area contributed by atoms with Crippen LogP contribution in [0.2, 0.25) is 0 Å². The van der Waals surface area contributed by atoms with Crippen LogP contribution in [-0.4, -0.2) is 22.8 Å². The van der Waals surface area contributed by atoms with E-state index in [1.165, 1.54) is 5.57 Å². The summed E-state index contributed by atoms with van der Waals surface area (Å²) < 4.78 is 0. The molecule has 3 heteroatoms. The van der Waals surface area contributed by atoms with Crippen molar-refractivity contribution in [3.05, 3.63) is 23.8 Å². The Kier molecular flexibility index (Phi) is 3.48. The molecule has 24 heavy (non-hydrogen) atoms. The second-order valence-corrected chi connectivity index (χ2v) is 9.04. The Bertz CT molecular complexity index is 660. The molecule has 0 heterocycles. The molecular formula is C21H28O3. The Morgan fingerprint density at radius 2 is 2.00 bits per heavy atom. The molecule has 0 radical (unpaired) electrons. The average molecular weight is 328 g/mol. The van der Waals surface area contributed by atoms with Crippen LogP contribution >= 0.6 is 0 Å². The molecule has 0 saturated heterocycles. The molecule has 0 aromatic carbocycles. The minimum Gasteiger partial charge on any atom is -0.393 e. The maximum absolute atomic E-state index is 12.2. The summed E-state index contributed by atoms with van der Waals surface area (Å²) in [4.78, 5) is 24.0. The van der Waals surface area contributed by atoms with Crippen LogP contribution < -0.4 is 0 Å². The molecule has 3 saturated carbocycles. The van der Waals surface area contributed by atoms with Gasteiger partial charge in [-0.1, -0.05) is 25.5 Å². The maximum atomic E-state index is 12.2. The van der Waals surface area contributed by atoms with Gasteiger partial charge in [-0.2, -0.15) is 0 Å². The fourth-order valence-corrected chi connectivity index (χ4v) is 6.99. The third-order valence-corrected chi connectivity index (χ3v) is 7.98. The highest BCUT2D eigenvalue weighted by atomic mass is 16.3. The van der Waals surface area contributed by atoms with Crippen molar-refractivity contribution in [3.63, 3.8) is 0 Å². The predicted octanol–water partition coefficient (Wildman–Crippen LogP) is 3.47. The number of allylic oxidation sites excluding steroid dienone is 4. The first-order valence-corrected chi connectivity index (χ1v) is 9.40. The highest BCUT2D eigenvalue weighted by Crippen LogP contribution is 2.65. The molecule has 0 spiro atoms. The van der Waals surface area contributed by atoms with Gasteiger partial charge >= 0.3 is 0 Å². The zero-order chi connectivity index (χ0) is 17.3. The minimum absolute atomic E-state index is 0.0573. The van der Waals surface area contributed by atoms with Crippen molar-refractivity contribution in [2.75, 3.05) is 0 Å². The third kappa shape index (κ3) is 2.00. The van der Waals surface area contributed by atoms with E-state index in [1.54, 1.807) is 19.1 Å². The topological polar surface area (TPSA) is 54.4 Å². The number of hydrogen-bond donors (Lipinski definition) is 1. The number of hydrogen-bond acceptors (Lipinski definition) is 3. The number of rotatable bonds is 1. The molecule has 3 fully saturated rings. The van der Waals surface area contributed by atoms with Crippen LogP contribution in [-0.2, 0) is 9.59 Å². The Labute approximate surface area is 144 Å². The first-order valence-electron chi connectivity index (χ1n) is 9.40. The zero-order valence-corrected chi connectivity index (χ0v) is 14.9. The van der Waals surface area contributed by atoms with E-state index in [0.29, 0.717) is 18.3 Å². The number of fused-ring (bicyclic) bond motifs is 5. The summed E-state index contributed by atoms with van der Waals surface area (Å²) in [5, 5.41) is 11.1. The van der Waals surface area contributed by atoms with Crippen LogP contribution in [0.4, 0.5) is 0 Å². The minimum atomic E-state index is -0.400. The van der Waals surface area contributed by atoms with E-state index >= 15 is 0 Å². The molecule has 3 nitrogen and oxygen atoms in total. The maximum Gasteiger partial charge on any atom is 0.178 e. The van der Waals surface area contributed by atoms with E-state index in [0.717, 1.165) is 25.7 Å². The highest BCUT2D eigenvalue weighted by Gasteiger charge is 2.62. The number of carbonyl (C=O) groups is 2. The van der Waals surface area contributed by atoms with Crippen molar-refractivity contribution < 1.29 is 14.7 Å². The molecule has 0 amide bonds. The number of ketones is 2. The molecule has 6 unspecified atom stereocenters. The molecular weight excluding hydrogens is 300 g/mol. The second-order valence-electron chi connectivity index (χ2n) is 9.04. The van der Waals surface area contributed by atoms with Crippen molar-refractivity contribution in [2.45, 2.75) is 59.0 Å². The van der Waals surface area contributed by atoms with Crippen LogP contribution in [0.25, 0.3) is 0 Å².